The highest BCUT2D eigenvalue weighted by Gasteiger charge is 2.31. The van der Waals surface area contributed by atoms with E-state index in [-0.39, 0.29) is 24.4 Å². The second-order valence-corrected chi connectivity index (χ2v) is 7.49. The highest BCUT2D eigenvalue weighted by atomic mass is 16.2. The Hall–Kier alpha value is -1.92. The average Bonchev–Trinajstić information content (AvgIpc) is 2.63. The minimum absolute atomic E-state index is 0.0557. The van der Waals surface area contributed by atoms with Gasteiger partial charge in [-0.3, -0.25) is 9.59 Å². The summed E-state index contributed by atoms with van der Waals surface area (Å²) in [7, 11) is 1.92. The summed E-state index contributed by atoms with van der Waals surface area (Å²) in [5.41, 5.74) is 2.98. The van der Waals surface area contributed by atoms with Crippen LogP contribution in [0, 0.1) is 13.8 Å². The Morgan fingerprint density at radius 1 is 1.23 bits per heavy atom. The van der Waals surface area contributed by atoms with E-state index in [4.69, 9.17) is 0 Å². The van der Waals surface area contributed by atoms with Gasteiger partial charge in [-0.15, -0.1) is 0 Å². The highest BCUT2D eigenvalue weighted by Crippen LogP contribution is 2.18. The van der Waals surface area contributed by atoms with Crippen LogP contribution in [0.5, 0.6) is 0 Å². The molecule has 0 spiro atoms. The molecule has 0 bridgehead atoms. The Kier molecular flexibility index (Phi) is 7.17. The number of amides is 2. The first-order valence-corrected chi connectivity index (χ1v) is 9.64. The Bertz CT molecular complexity index is 618. The first kappa shape index (κ1) is 20.4. The van der Waals surface area contributed by atoms with Gasteiger partial charge in [0, 0.05) is 5.69 Å². The molecule has 0 saturated carbocycles. The molecule has 1 aromatic carbocycles. The fourth-order valence-corrected chi connectivity index (χ4v) is 3.48. The van der Waals surface area contributed by atoms with Crippen molar-refractivity contribution < 1.29 is 19.4 Å². The van der Waals surface area contributed by atoms with Crippen LogP contribution in [0.3, 0.4) is 0 Å². The predicted molar refractivity (Wildman–Crippen MR) is 104 cm³/mol. The van der Waals surface area contributed by atoms with E-state index in [9.17, 15) is 9.59 Å². The van der Waals surface area contributed by atoms with Crippen molar-refractivity contribution in [2.75, 3.05) is 51.6 Å². The van der Waals surface area contributed by atoms with Gasteiger partial charge < -0.3 is 20.0 Å². The monoisotopic (exact) mass is 362 g/mol. The number of aryl methyl sites for hydroxylation is 2. The Morgan fingerprint density at radius 3 is 2.35 bits per heavy atom. The lowest BCUT2D eigenvalue weighted by molar-refractivity contribution is -0.903. The van der Waals surface area contributed by atoms with Crippen molar-refractivity contribution in [3.05, 3.63) is 29.3 Å². The third-order valence-corrected chi connectivity index (χ3v) is 5.58. The normalized spacial score (nSPS) is 17.7. The molecule has 1 aromatic rings. The lowest BCUT2D eigenvalue weighted by Crippen LogP contribution is -3.16. The van der Waals surface area contributed by atoms with E-state index in [2.05, 4.69) is 12.2 Å². The number of benzene rings is 1. The molecule has 1 unspecified atom stereocenters. The van der Waals surface area contributed by atoms with Crippen LogP contribution in [0.25, 0.3) is 0 Å². The number of nitrogens with zero attached hydrogens (tertiary/aromatic N) is 1. The molecule has 0 aliphatic carbocycles. The lowest BCUT2D eigenvalue weighted by Gasteiger charge is -2.33. The van der Waals surface area contributed by atoms with Crippen LogP contribution >= 0.6 is 0 Å². The molecular formula is C20H34N4O2+2. The summed E-state index contributed by atoms with van der Waals surface area (Å²) in [6.45, 7) is 13.1. The van der Waals surface area contributed by atoms with E-state index < -0.39 is 0 Å². The first-order valence-electron chi connectivity index (χ1n) is 9.64. The van der Waals surface area contributed by atoms with E-state index in [1.807, 2.05) is 50.9 Å². The van der Waals surface area contributed by atoms with Crippen LogP contribution in [0.1, 0.15) is 25.0 Å². The van der Waals surface area contributed by atoms with Crippen molar-refractivity contribution in [2.24, 2.45) is 0 Å². The van der Waals surface area contributed by atoms with Crippen LogP contribution in [0.2, 0.25) is 0 Å². The summed E-state index contributed by atoms with van der Waals surface area (Å²) >= 11 is 0. The number of carbonyl (C=O) groups excluding carboxylic acids is 2. The van der Waals surface area contributed by atoms with Crippen LogP contribution in [0.4, 0.5) is 5.69 Å². The van der Waals surface area contributed by atoms with E-state index >= 15 is 0 Å². The SMILES string of the molecule is CC[NH+]1CCN(C(=O)[C@H](C)[NH+](C)CC(=O)Nc2c(C)cccc2C)CC1. The molecule has 144 valence electrons. The number of anilines is 1. The first-order chi connectivity index (χ1) is 12.3. The summed E-state index contributed by atoms with van der Waals surface area (Å²) in [5, 5.41) is 3.01. The summed E-state index contributed by atoms with van der Waals surface area (Å²) in [6, 6.07) is 5.74. The third kappa shape index (κ3) is 5.05. The minimum atomic E-state index is -0.220. The number of rotatable bonds is 6. The molecule has 6 heteroatoms. The second kappa shape index (κ2) is 9.14. The van der Waals surface area contributed by atoms with Gasteiger partial charge in [0.1, 0.15) is 0 Å². The fraction of sp³-hybridized carbons (Fsp3) is 0.600. The maximum absolute atomic E-state index is 12.7. The average molecular weight is 363 g/mol. The van der Waals surface area contributed by atoms with Gasteiger partial charge in [-0.1, -0.05) is 18.2 Å². The van der Waals surface area contributed by atoms with Crippen molar-refractivity contribution in [3.8, 4) is 0 Å². The van der Waals surface area contributed by atoms with Gasteiger partial charge in [0.2, 0.25) is 0 Å². The molecule has 1 aliphatic heterocycles. The van der Waals surface area contributed by atoms with Crippen molar-refractivity contribution in [1.82, 2.24) is 4.90 Å². The number of hydrogen-bond acceptors (Lipinski definition) is 2. The zero-order valence-electron chi connectivity index (χ0n) is 16.8. The molecular weight excluding hydrogens is 328 g/mol. The molecule has 2 rings (SSSR count). The third-order valence-electron chi connectivity index (χ3n) is 5.58. The number of likely N-dealkylation sites (N-methyl/N-ethyl adjacent to an activating group) is 2. The Labute approximate surface area is 157 Å². The molecule has 1 aliphatic rings. The molecule has 1 fully saturated rings. The molecule has 0 aromatic heterocycles. The number of piperazine rings is 1. The van der Waals surface area contributed by atoms with E-state index in [1.54, 1.807) is 4.90 Å². The smallest absolute Gasteiger partial charge is 0.280 e. The molecule has 1 heterocycles. The van der Waals surface area contributed by atoms with E-state index in [0.29, 0.717) is 0 Å². The molecule has 3 N–H and O–H groups in total. The zero-order valence-corrected chi connectivity index (χ0v) is 16.8. The summed E-state index contributed by atoms with van der Waals surface area (Å²) < 4.78 is 0. The summed E-state index contributed by atoms with van der Waals surface area (Å²) in [5.74, 6) is 0.0947. The molecule has 2 atom stereocenters. The predicted octanol–water partition coefficient (Wildman–Crippen LogP) is -1.11. The van der Waals surface area contributed by atoms with Crippen molar-refractivity contribution in [1.29, 1.82) is 0 Å². The summed E-state index contributed by atoms with van der Waals surface area (Å²) in [6.07, 6.45) is 0. The van der Waals surface area contributed by atoms with Crippen LogP contribution in [0.15, 0.2) is 18.2 Å². The van der Waals surface area contributed by atoms with Crippen molar-refractivity contribution in [2.45, 2.75) is 33.7 Å². The number of para-hydroxylation sites is 1. The minimum Gasteiger partial charge on any atom is -0.332 e. The molecule has 2 amide bonds. The maximum atomic E-state index is 12.7. The molecule has 6 nitrogen and oxygen atoms in total. The van der Waals surface area contributed by atoms with Gasteiger partial charge in [-0.2, -0.15) is 0 Å². The van der Waals surface area contributed by atoms with Crippen molar-refractivity contribution in [3.63, 3.8) is 0 Å². The zero-order chi connectivity index (χ0) is 19.3. The van der Waals surface area contributed by atoms with Crippen molar-refractivity contribution >= 4 is 17.5 Å². The largest absolute Gasteiger partial charge is 0.332 e. The van der Waals surface area contributed by atoms with E-state index in [0.717, 1.165) is 54.4 Å². The fourth-order valence-electron chi connectivity index (χ4n) is 3.48. The topological polar surface area (TPSA) is 58.3 Å². The van der Waals surface area contributed by atoms with Gasteiger partial charge >= 0.3 is 0 Å². The Morgan fingerprint density at radius 2 is 1.81 bits per heavy atom. The Balaban J connectivity index is 1.89. The summed E-state index contributed by atoms with van der Waals surface area (Å²) in [4.78, 5) is 29.6. The van der Waals surface area contributed by atoms with Crippen LogP contribution in [-0.4, -0.2) is 69.1 Å². The van der Waals surface area contributed by atoms with E-state index in [1.165, 1.54) is 0 Å². The van der Waals surface area contributed by atoms with Gasteiger partial charge in [0.15, 0.2) is 12.6 Å². The molecule has 26 heavy (non-hydrogen) atoms. The lowest BCUT2D eigenvalue weighted by atomic mass is 10.1. The maximum Gasteiger partial charge on any atom is 0.280 e. The molecule has 1 saturated heterocycles. The highest BCUT2D eigenvalue weighted by molar-refractivity contribution is 5.93. The van der Waals surface area contributed by atoms with Gasteiger partial charge in [-0.25, -0.2) is 0 Å². The van der Waals surface area contributed by atoms with Gasteiger partial charge in [0.05, 0.1) is 39.8 Å². The standard InChI is InChI=1S/C20H32N4O2/c1-6-23-10-12-24(13-11-23)20(26)17(4)22(5)14-18(25)21-19-15(2)8-7-9-16(19)3/h7-9,17H,6,10-14H2,1-5H3,(H,21,25)/p+2/t17-/m0/s1. The van der Waals surface area contributed by atoms with Gasteiger partial charge in [0.25, 0.3) is 11.8 Å². The number of hydrogen-bond donors (Lipinski definition) is 3. The van der Waals surface area contributed by atoms with Crippen LogP contribution in [-0.2, 0) is 9.59 Å². The number of nitrogens with one attached hydrogen (secondary N) is 3. The molecule has 0 radical (unpaired) electrons. The quantitative estimate of drug-likeness (QED) is 0.601. The van der Waals surface area contributed by atoms with Gasteiger partial charge in [-0.05, 0) is 38.8 Å². The van der Waals surface area contributed by atoms with Crippen LogP contribution < -0.4 is 15.1 Å². The number of quaternary nitrogens is 2. The second-order valence-electron chi connectivity index (χ2n) is 7.49. The number of carbonyl (C=O) groups is 2.